The molecular formula is C18H29IN4O2. The molecule has 1 heterocycles. The molecule has 0 aromatic heterocycles. The number of hydrogen-bond donors (Lipinski definition) is 3. The summed E-state index contributed by atoms with van der Waals surface area (Å²) < 4.78 is 5.90. The zero-order valence-electron chi connectivity index (χ0n) is 15.2. The van der Waals surface area contributed by atoms with Gasteiger partial charge in [-0.1, -0.05) is 18.2 Å². The number of aliphatic imine (C=N–C) groups is 1. The van der Waals surface area contributed by atoms with Crippen LogP contribution in [0.1, 0.15) is 32.8 Å². The summed E-state index contributed by atoms with van der Waals surface area (Å²) in [6.45, 7) is 7.84. The highest BCUT2D eigenvalue weighted by Crippen LogP contribution is 2.28. The number of fused-ring (bicyclic) bond motifs is 1. The van der Waals surface area contributed by atoms with Gasteiger partial charge < -0.3 is 20.7 Å². The summed E-state index contributed by atoms with van der Waals surface area (Å²) in [4.78, 5) is 16.2. The van der Waals surface area contributed by atoms with Crippen LogP contribution in [0.25, 0.3) is 0 Å². The Kier molecular flexibility index (Phi) is 9.62. The SMILES string of the molecule is CCNC(=NCC1Cc2ccccc2O1)NCCC(=O)NC(C)C.I. The number of guanidine groups is 1. The zero-order valence-corrected chi connectivity index (χ0v) is 17.5. The lowest BCUT2D eigenvalue weighted by molar-refractivity contribution is -0.121. The van der Waals surface area contributed by atoms with Gasteiger partial charge in [-0.15, -0.1) is 24.0 Å². The number of nitrogens with zero attached hydrogens (tertiary/aromatic N) is 1. The molecule has 1 atom stereocenters. The van der Waals surface area contributed by atoms with Crippen LogP contribution in [0.5, 0.6) is 5.75 Å². The van der Waals surface area contributed by atoms with Crippen LogP contribution >= 0.6 is 24.0 Å². The molecule has 25 heavy (non-hydrogen) atoms. The third kappa shape index (κ3) is 7.50. The van der Waals surface area contributed by atoms with Crippen LogP contribution in [-0.4, -0.2) is 43.6 Å². The summed E-state index contributed by atoms with van der Waals surface area (Å²) in [6, 6.07) is 8.27. The van der Waals surface area contributed by atoms with Crippen molar-refractivity contribution in [3.8, 4) is 5.75 Å². The number of carbonyl (C=O) groups is 1. The van der Waals surface area contributed by atoms with Gasteiger partial charge in [0.05, 0.1) is 6.54 Å². The molecule has 1 amide bonds. The summed E-state index contributed by atoms with van der Waals surface area (Å²) in [6.07, 6.45) is 1.38. The predicted molar refractivity (Wildman–Crippen MR) is 112 cm³/mol. The van der Waals surface area contributed by atoms with E-state index in [-0.39, 0.29) is 42.0 Å². The number of rotatable bonds is 7. The van der Waals surface area contributed by atoms with Crippen molar-refractivity contribution in [3.05, 3.63) is 29.8 Å². The van der Waals surface area contributed by atoms with Crippen molar-refractivity contribution in [3.63, 3.8) is 0 Å². The average molecular weight is 460 g/mol. The molecule has 1 aromatic rings. The van der Waals surface area contributed by atoms with Gasteiger partial charge >= 0.3 is 0 Å². The fourth-order valence-corrected chi connectivity index (χ4v) is 2.58. The maximum absolute atomic E-state index is 11.7. The lowest BCUT2D eigenvalue weighted by Gasteiger charge is -2.14. The first-order valence-corrected chi connectivity index (χ1v) is 8.64. The summed E-state index contributed by atoms with van der Waals surface area (Å²) in [5, 5.41) is 9.26. The summed E-state index contributed by atoms with van der Waals surface area (Å²) in [5.41, 5.74) is 1.24. The number of amides is 1. The van der Waals surface area contributed by atoms with Gasteiger partial charge in [0, 0.05) is 32.0 Å². The summed E-state index contributed by atoms with van der Waals surface area (Å²) >= 11 is 0. The normalized spacial score (nSPS) is 15.8. The number of nitrogens with one attached hydrogen (secondary N) is 3. The number of ether oxygens (including phenoxy) is 1. The first-order valence-electron chi connectivity index (χ1n) is 8.64. The van der Waals surface area contributed by atoms with Crippen LogP contribution in [0, 0.1) is 0 Å². The topological polar surface area (TPSA) is 74.8 Å². The summed E-state index contributed by atoms with van der Waals surface area (Å²) in [5.74, 6) is 1.72. The molecule has 1 aliphatic heterocycles. The van der Waals surface area contributed by atoms with E-state index in [1.165, 1.54) is 5.56 Å². The Hall–Kier alpha value is -1.51. The smallest absolute Gasteiger partial charge is 0.221 e. The Morgan fingerprint density at radius 2 is 2.08 bits per heavy atom. The molecule has 0 bridgehead atoms. The molecule has 1 unspecified atom stereocenters. The molecule has 1 aliphatic rings. The van der Waals surface area contributed by atoms with Gasteiger partial charge in [-0.3, -0.25) is 4.79 Å². The zero-order chi connectivity index (χ0) is 17.4. The van der Waals surface area contributed by atoms with E-state index in [9.17, 15) is 4.79 Å². The van der Waals surface area contributed by atoms with Gasteiger partial charge in [-0.05, 0) is 32.4 Å². The quantitative estimate of drug-likeness (QED) is 0.331. The molecule has 6 nitrogen and oxygen atoms in total. The molecule has 0 radical (unpaired) electrons. The van der Waals surface area contributed by atoms with Crippen molar-refractivity contribution >= 4 is 35.8 Å². The van der Waals surface area contributed by atoms with Crippen LogP contribution in [0.15, 0.2) is 29.3 Å². The Morgan fingerprint density at radius 1 is 1.32 bits per heavy atom. The lowest BCUT2D eigenvalue weighted by Crippen LogP contribution is -2.40. The Bertz CT molecular complexity index is 553. The van der Waals surface area contributed by atoms with E-state index >= 15 is 0 Å². The van der Waals surface area contributed by atoms with E-state index in [0.29, 0.717) is 19.5 Å². The molecule has 3 N–H and O–H groups in total. The monoisotopic (exact) mass is 460 g/mol. The van der Waals surface area contributed by atoms with Gasteiger partial charge in [0.15, 0.2) is 5.96 Å². The highest BCUT2D eigenvalue weighted by atomic mass is 127. The van der Waals surface area contributed by atoms with Gasteiger partial charge in [0.25, 0.3) is 0 Å². The van der Waals surface area contributed by atoms with Crippen LogP contribution in [0.4, 0.5) is 0 Å². The Labute approximate surface area is 167 Å². The van der Waals surface area contributed by atoms with Crippen molar-refractivity contribution in [2.45, 2.75) is 45.8 Å². The molecule has 1 aromatic carbocycles. The van der Waals surface area contributed by atoms with Crippen molar-refractivity contribution in [1.29, 1.82) is 0 Å². The van der Waals surface area contributed by atoms with Crippen molar-refractivity contribution in [2.75, 3.05) is 19.6 Å². The molecule has 0 fully saturated rings. The maximum atomic E-state index is 11.7. The third-order valence-electron chi connectivity index (χ3n) is 3.61. The molecular weight excluding hydrogens is 431 g/mol. The molecule has 140 valence electrons. The number of benzene rings is 1. The molecule has 0 saturated carbocycles. The predicted octanol–water partition coefficient (Wildman–Crippen LogP) is 2.08. The Morgan fingerprint density at radius 3 is 2.76 bits per heavy atom. The van der Waals surface area contributed by atoms with Crippen LogP contribution in [0.3, 0.4) is 0 Å². The maximum Gasteiger partial charge on any atom is 0.221 e. The Balaban J connectivity index is 0.00000312. The van der Waals surface area contributed by atoms with E-state index in [1.807, 2.05) is 39.0 Å². The van der Waals surface area contributed by atoms with Gasteiger partial charge in [0.1, 0.15) is 11.9 Å². The minimum atomic E-state index is 0. The van der Waals surface area contributed by atoms with Crippen molar-refractivity contribution in [1.82, 2.24) is 16.0 Å². The molecule has 0 spiro atoms. The molecule has 0 aliphatic carbocycles. The van der Waals surface area contributed by atoms with Gasteiger partial charge in [-0.25, -0.2) is 4.99 Å². The van der Waals surface area contributed by atoms with Gasteiger partial charge in [-0.2, -0.15) is 0 Å². The standard InChI is InChI=1S/C18H28N4O2.HI/c1-4-19-18(20-10-9-17(23)22-13(2)3)21-12-15-11-14-7-5-6-8-16(14)24-15;/h5-8,13,15H,4,9-12H2,1-3H3,(H,22,23)(H2,19,20,21);1H. The second-order valence-corrected chi connectivity index (χ2v) is 6.17. The van der Waals surface area contributed by atoms with Crippen LogP contribution < -0.4 is 20.7 Å². The number of para-hydroxylation sites is 1. The molecule has 7 heteroatoms. The minimum absolute atomic E-state index is 0. The fraction of sp³-hybridized carbons (Fsp3) is 0.556. The van der Waals surface area contributed by atoms with E-state index in [4.69, 9.17) is 4.74 Å². The highest BCUT2D eigenvalue weighted by Gasteiger charge is 2.21. The largest absolute Gasteiger partial charge is 0.488 e. The van der Waals surface area contributed by atoms with Gasteiger partial charge in [0.2, 0.25) is 5.91 Å². The van der Waals surface area contributed by atoms with E-state index < -0.39 is 0 Å². The average Bonchev–Trinajstić information content (AvgIpc) is 2.94. The minimum Gasteiger partial charge on any atom is -0.488 e. The van der Waals surface area contributed by atoms with Crippen molar-refractivity contribution < 1.29 is 9.53 Å². The fourth-order valence-electron chi connectivity index (χ4n) is 2.58. The third-order valence-corrected chi connectivity index (χ3v) is 3.61. The molecule has 2 rings (SSSR count). The lowest BCUT2D eigenvalue weighted by atomic mass is 10.1. The number of halogens is 1. The van der Waals surface area contributed by atoms with Crippen molar-refractivity contribution in [2.24, 2.45) is 4.99 Å². The first-order chi connectivity index (χ1) is 11.6. The van der Waals surface area contributed by atoms with E-state index in [1.54, 1.807) is 0 Å². The summed E-state index contributed by atoms with van der Waals surface area (Å²) in [7, 11) is 0. The molecule has 0 saturated heterocycles. The van der Waals surface area contributed by atoms with Crippen LogP contribution in [0.2, 0.25) is 0 Å². The first kappa shape index (κ1) is 21.5. The highest BCUT2D eigenvalue weighted by molar-refractivity contribution is 14.0. The van der Waals surface area contributed by atoms with E-state index in [0.717, 1.165) is 24.7 Å². The second kappa shape index (κ2) is 11.2. The van der Waals surface area contributed by atoms with E-state index in [2.05, 4.69) is 27.0 Å². The number of hydrogen-bond acceptors (Lipinski definition) is 3. The second-order valence-electron chi connectivity index (χ2n) is 6.17. The van der Waals surface area contributed by atoms with Crippen LogP contribution in [-0.2, 0) is 11.2 Å². The number of carbonyl (C=O) groups excluding carboxylic acids is 1.